The van der Waals surface area contributed by atoms with E-state index in [-0.39, 0.29) is 17.7 Å². The summed E-state index contributed by atoms with van der Waals surface area (Å²) in [4.78, 5) is 26.2. The number of amides is 2. The highest BCUT2D eigenvalue weighted by Gasteiger charge is 2.28. The lowest BCUT2D eigenvalue weighted by atomic mass is 9.95. The molecule has 1 saturated heterocycles. The second kappa shape index (κ2) is 7.90. The Labute approximate surface area is 141 Å². The van der Waals surface area contributed by atoms with E-state index in [0.717, 1.165) is 0 Å². The van der Waals surface area contributed by atoms with Crippen LogP contribution in [0.4, 0.5) is 0 Å². The fourth-order valence-electron chi connectivity index (χ4n) is 2.94. The molecule has 1 aromatic carbocycles. The summed E-state index contributed by atoms with van der Waals surface area (Å²) >= 11 is 0. The molecule has 0 unspecified atom stereocenters. The monoisotopic (exact) mass is 336 g/mol. The average molecular weight is 336 g/mol. The Morgan fingerprint density at radius 2 is 1.58 bits per heavy atom. The summed E-state index contributed by atoms with van der Waals surface area (Å²) in [5.74, 6) is 1.24. The average Bonchev–Trinajstić information content (AvgIpc) is 2.65. The number of ether oxygens (including phenoxy) is 3. The fourth-order valence-corrected chi connectivity index (χ4v) is 2.94. The Balaban J connectivity index is 2.17. The van der Waals surface area contributed by atoms with Gasteiger partial charge in [-0.3, -0.25) is 9.59 Å². The van der Waals surface area contributed by atoms with Crippen LogP contribution in [0.3, 0.4) is 0 Å². The van der Waals surface area contributed by atoms with Crippen LogP contribution in [-0.4, -0.2) is 58.2 Å². The van der Waals surface area contributed by atoms with E-state index in [1.165, 1.54) is 21.3 Å². The summed E-state index contributed by atoms with van der Waals surface area (Å²) in [6.45, 7) is 1.10. The largest absolute Gasteiger partial charge is 0.493 e. The molecule has 0 saturated carbocycles. The van der Waals surface area contributed by atoms with E-state index in [0.29, 0.717) is 48.7 Å². The second-order valence-corrected chi connectivity index (χ2v) is 5.59. The highest BCUT2D eigenvalue weighted by Crippen LogP contribution is 2.38. The van der Waals surface area contributed by atoms with Gasteiger partial charge in [0.05, 0.1) is 21.3 Å². The highest BCUT2D eigenvalue weighted by atomic mass is 16.5. The Morgan fingerprint density at radius 3 is 2.00 bits per heavy atom. The van der Waals surface area contributed by atoms with Crippen LogP contribution < -0.4 is 19.5 Å². The predicted octanol–water partition coefficient (Wildman–Crippen LogP) is 1.31. The van der Waals surface area contributed by atoms with Crippen molar-refractivity contribution >= 4 is 11.8 Å². The Hall–Kier alpha value is -2.44. The van der Waals surface area contributed by atoms with Gasteiger partial charge >= 0.3 is 0 Å². The maximum Gasteiger partial charge on any atom is 0.254 e. The summed E-state index contributed by atoms with van der Waals surface area (Å²) in [7, 11) is 6.18. The van der Waals surface area contributed by atoms with Crippen LogP contribution in [-0.2, 0) is 4.79 Å². The van der Waals surface area contributed by atoms with Crippen LogP contribution in [0.25, 0.3) is 0 Å². The van der Waals surface area contributed by atoms with Crippen molar-refractivity contribution in [2.24, 2.45) is 5.92 Å². The van der Waals surface area contributed by atoms with Gasteiger partial charge in [-0.2, -0.15) is 0 Å². The number of carbonyl (C=O) groups is 2. The smallest absolute Gasteiger partial charge is 0.254 e. The molecule has 7 heteroatoms. The van der Waals surface area contributed by atoms with Crippen LogP contribution in [0.2, 0.25) is 0 Å². The summed E-state index contributed by atoms with van der Waals surface area (Å²) in [6, 6.07) is 3.29. The molecule has 0 atom stereocenters. The van der Waals surface area contributed by atoms with Crippen LogP contribution in [0, 0.1) is 5.92 Å². The zero-order chi connectivity index (χ0) is 17.7. The molecular weight excluding hydrogens is 312 g/mol. The minimum absolute atomic E-state index is 0.0287. The molecule has 0 aliphatic carbocycles. The van der Waals surface area contributed by atoms with E-state index in [2.05, 4.69) is 5.32 Å². The van der Waals surface area contributed by atoms with E-state index in [9.17, 15) is 9.59 Å². The van der Waals surface area contributed by atoms with Gasteiger partial charge in [-0.1, -0.05) is 0 Å². The first kappa shape index (κ1) is 17.9. The molecule has 1 fully saturated rings. The number of benzene rings is 1. The lowest BCUT2D eigenvalue weighted by molar-refractivity contribution is -0.125. The van der Waals surface area contributed by atoms with Crippen LogP contribution in [0.15, 0.2) is 12.1 Å². The number of nitrogens with one attached hydrogen (secondary N) is 1. The lowest BCUT2D eigenvalue weighted by Crippen LogP contribution is -2.42. The number of methoxy groups -OCH3 is 3. The number of carbonyl (C=O) groups excluding carboxylic acids is 2. The SMILES string of the molecule is CNC(=O)C1CCN(C(=O)c2cc(OC)c(OC)c(OC)c2)CC1. The van der Waals surface area contributed by atoms with Gasteiger partial charge in [0, 0.05) is 31.6 Å². The zero-order valence-corrected chi connectivity index (χ0v) is 14.5. The summed E-state index contributed by atoms with van der Waals surface area (Å²) in [6.07, 6.45) is 1.33. The van der Waals surface area contributed by atoms with Gasteiger partial charge in [-0.25, -0.2) is 0 Å². The van der Waals surface area contributed by atoms with Crippen molar-refractivity contribution in [3.05, 3.63) is 17.7 Å². The maximum absolute atomic E-state index is 12.8. The second-order valence-electron chi connectivity index (χ2n) is 5.59. The Morgan fingerprint density at radius 1 is 1.04 bits per heavy atom. The Bertz CT molecular complexity index is 584. The molecule has 2 rings (SSSR count). The van der Waals surface area contributed by atoms with E-state index in [4.69, 9.17) is 14.2 Å². The Kier molecular flexibility index (Phi) is 5.89. The minimum atomic E-state index is -0.107. The maximum atomic E-state index is 12.8. The van der Waals surface area contributed by atoms with Crippen molar-refractivity contribution in [2.75, 3.05) is 41.5 Å². The van der Waals surface area contributed by atoms with Gasteiger partial charge < -0.3 is 24.4 Å². The van der Waals surface area contributed by atoms with Crippen LogP contribution >= 0.6 is 0 Å². The molecule has 0 bridgehead atoms. The summed E-state index contributed by atoms with van der Waals surface area (Å²) in [5.41, 5.74) is 0.475. The van der Waals surface area contributed by atoms with Gasteiger partial charge in [-0.15, -0.1) is 0 Å². The summed E-state index contributed by atoms with van der Waals surface area (Å²) < 4.78 is 15.9. The van der Waals surface area contributed by atoms with Crippen molar-refractivity contribution in [3.63, 3.8) is 0 Å². The van der Waals surface area contributed by atoms with Crippen molar-refractivity contribution in [3.8, 4) is 17.2 Å². The van der Waals surface area contributed by atoms with Crippen molar-refractivity contribution in [2.45, 2.75) is 12.8 Å². The number of hydrogen-bond acceptors (Lipinski definition) is 5. The molecule has 1 N–H and O–H groups in total. The van der Waals surface area contributed by atoms with Gasteiger partial charge in [-0.05, 0) is 25.0 Å². The van der Waals surface area contributed by atoms with Gasteiger partial charge in [0.15, 0.2) is 11.5 Å². The topological polar surface area (TPSA) is 77.1 Å². The van der Waals surface area contributed by atoms with Gasteiger partial charge in [0.25, 0.3) is 5.91 Å². The fraction of sp³-hybridized carbons (Fsp3) is 0.529. The van der Waals surface area contributed by atoms with Crippen molar-refractivity contribution in [1.29, 1.82) is 0 Å². The molecule has 132 valence electrons. The quantitative estimate of drug-likeness (QED) is 0.877. The molecular formula is C17H24N2O5. The molecule has 24 heavy (non-hydrogen) atoms. The normalized spacial score (nSPS) is 14.9. The van der Waals surface area contributed by atoms with Gasteiger partial charge in [0.2, 0.25) is 11.7 Å². The van der Waals surface area contributed by atoms with Gasteiger partial charge in [0.1, 0.15) is 0 Å². The third kappa shape index (κ3) is 3.55. The van der Waals surface area contributed by atoms with E-state index in [1.54, 1.807) is 24.1 Å². The zero-order valence-electron chi connectivity index (χ0n) is 14.5. The molecule has 0 radical (unpaired) electrons. The first-order chi connectivity index (χ1) is 11.5. The molecule has 1 heterocycles. The predicted molar refractivity (Wildman–Crippen MR) is 88.8 cm³/mol. The third-order valence-corrected chi connectivity index (χ3v) is 4.31. The van der Waals surface area contributed by atoms with Crippen LogP contribution in [0.1, 0.15) is 23.2 Å². The number of piperidine rings is 1. The lowest BCUT2D eigenvalue weighted by Gasteiger charge is -2.31. The number of hydrogen-bond donors (Lipinski definition) is 1. The molecule has 0 aromatic heterocycles. The van der Waals surface area contributed by atoms with Crippen molar-refractivity contribution in [1.82, 2.24) is 10.2 Å². The first-order valence-electron chi connectivity index (χ1n) is 7.86. The first-order valence-corrected chi connectivity index (χ1v) is 7.86. The number of likely N-dealkylation sites (tertiary alicyclic amines) is 1. The van der Waals surface area contributed by atoms with E-state index in [1.807, 2.05) is 0 Å². The molecule has 1 aromatic rings. The minimum Gasteiger partial charge on any atom is -0.493 e. The van der Waals surface area contributed by atoms with Crippen molar-refractivity contribution < 1.29 is 23.8 Å². The van der Waals surface area contributed by atoms with Crippen LogP contribution in [0.5, 0.6) is 17.2 Å². The number of rotatable bonds is 5. The molecule has 2 amide bonds. The highest BCUT2D eigenvalue weighted by molar-refractivity contribution is 5.96. The molecule has 1 aliphatic rings. The summed E-state index contributed by atoms with van der Waals surface area (Å²) in [5, 5.41) is 2.66. The number of nitrogens with zero attached hydrogens (tertiary/aromatic N) is 1. The standard InChI is InChI=1S/C17H24N2O5/c1-18-16(20)11-5-7-19(8-6-11)17(21)12-9-13(22-2)15(24-4)14(10-12)23-3/h9-11H,5-8H2,1-4H3,(H,18,20). The van der Waals surface area contributed by atoms with E-state index >= 15 is 0 Å². The molecule has 1 aliphatic heterocycles. The molecule has 7 nitrogen and oxygen atoms in total. The molecule has 0 spiro atoms. The third-order valence-electron chi connectivity index (χ3n) is 4.31. The van der Waals surface area contributed by atoms with E-state index < -0.39 is 0 Å².